The molecule has 0 aliphatic carbocycles. The van der Waals surface area contributed by atoms with Gasteiger partial charge in [0, 0.05) is 11.8 Å². The van der Waals surface area contributed by atoms with Crippen molar-refractivity contribution in [2.75, 3.05) is 0 Å². The molecule has 6 heteroatoms. The van der Waals surface area contributed by atoms with E-state index in [2.05, 4.69) is 10.3 Å². The molecule has 1 amide bonds. The molecule has 0 aliphatic rings. The number of carboxylic acids is 1. The summed E-state index contributed by atoms with van der Waals surface area (Å²) in [5.41, 5.74) is 0.559. The highest BCUT2D eigenvalue weighted by Gasteiger charge is 2.24. The molecule has 3 N–H and O–H groups in total. The predicted molar refractivity (Wildman–Crippen MR) is 64.5 cm³/mol. The Morgan fingerprint density at radius 3 is 2.33 bits per heavy atom. The Morgan fingerprint density at radius 2 is 1.94 bits per heavy atom. The van der Waals surface area contributed by atoms with E-state index >= 15 is 0 Å². The van der Waals surface area contributed by atoms with Crippen LogP contribution in [0.15, 0.2) is 12.3 Å². The fourth-order valence-electron chi connectivity index (χ4n) is 1.46. The van der Waals surface area contributed by atoms with Gasteiger partial charge in [0.05, 0.1) is 0 Å². The molecule has 0 saturated carbocycles. The van der Waals surface area contributed by atoms with Crippen LogP contribution in [0, 0.1) is 5.92 Å². The topological polar surface area (TPSA) is 99.3 Å². The molecular formula is C12H16N2O4. The number of hydrogen-bond donors (Lipinski definition) is 3. The molecule has 98 valence electrons. The van der Waals surface area contributed by atoms with Crippen LogP contribution < -0.4 is 5.32 Å². The van der Waals surface area contributed by atoms with Crippen molar-refractivity contribution >= 4 is 17.7 Å². The Morgan fingerprint density at radius 1 is 1.33 bits per heavy atom. The maximum absolute atomic E-state index is 11.8. The Labute approximate surface area is 104 Å². The van der Waals surface area contributed by atoms with Gasteiger partial charge >= 0.3 is 5.97 Å². The number of ketones is 1. The highest BCUT2D eigenvalue weighted by molar-refractivity contribution is 6.00. The second kappa shape index (κ2) is 5.48. The smallest absolute Gasteiger partial charge is 0.326 e. The molecule has 0 unspecified atom stereocenters. The molecule has 18 heavy (non-hydrogen) atoms. The van der Waals surface area contributed by atoms with Crippen molar-refractivity contribution in [3.8, 4) is 0 Å². The zero-order valence-corrected chi connectivity index (χ0v) is 10.5. The first kappa shape index (κ1) is 14.0. The van der Waals surface area contributed by atoms with Crippen LogP contribution in [-0.2, 0) is 4.79 Å². The van der Waals surface area contributed by atoms with E-state index in [-0.39, 0.29) is 17.4 Å². The average Bonchev–Trinajstić information content (AvgIpc) is 2.73. The number of carbonyl (C=O) groups excluding carboxylic acids is 2. The lowest BCUT2D eigenvalue weighted by molar-refractivity contribution is -0.140. The van der Waals surface area contributed by atoms with E-state index < -0.39 is 17.9 Å². The highest BCUT2D eigenvalue weighted by atomic mass is 16.4. The zero-order chi connectivity index (χ0) is 13.9. The largest absolute Gasteiger partial charge is 0.480 e. The Hall–Kier alpha value is -2.11. The van der Waals surface area contributed by atoms with Crippen molar-refractivity contribution in [1.29, 1.82) is 0 Å². The number of carboxylic acid groups (broad SMARTS) is 1. The highest BCUT2D eigenvalue weighted by Crippen LogP contribution is 2.07. The number of H-pyrrole nitrogens is 1. The number of aliphatic carboxylic acids is 1. The maximum Gasteiger partial charge on any atom is 0.326 e. The summed E-state index contributed by atoms with van der Waals surface area (Å²) < 4.78 is 0. The van der Waals surface area contributed by atoms with Crippen LogP contribution in [0.1, 0.15) is 41.6 Å². The maximum atomic E-state index is 11.8. The lowest BCUT2D eigenvalue weighted by Crippen LogP contribution is -2.44. The van der Waals surface area contributed by atoms with E-state index in [0.29, 0.717) is 5.56 Å². The van der Waals surface area contributed by atoms with Gasteiger partial charge in [-0.05, 0) is 18.9 Å². The molecule has 0 saturated heterocycles. The molecule has 1 rings (SSSR count). The molecule has 1 heterocycles. The van der Waals surface area contributed by atoms with Gasteiger partial charge in [0.25, 0.3) is 5.91 Å². The molecule has 1 atom stereocenters. The third kappa shape index (κ3) is 3.19. The van der Waals surface area contributed by atoms with E-state index in [1.807, 2.05) is 0 Å². The molecule has 0 radical (unpaired) electrons. The molecule has 0 bridgehead atoms. The number of carbonyl (C=O) groups is 3. The van der Waals surface area contributed by atoms with Crippen LogP contribution >= 0.6 is 0 Å². The summed E-state index contributed by atoms with van der Waals surface area (Å²) in [6, 6.07) is 0.443. The van der Waals surface area contributed by atoms with Gasteiger partial charge in [-0.3, -0.25) is 9.59 Å². The molecule has 0 fully saturated rings. The van der Waals surface area contributed by atoms with Crippen LogP contribution in [0.3, 0.4) is 0 Å². The van der Waals surface area contributed by atoms with Gasteiger partial charge in [0.15, 0.2) is 5.78 Å². The molecule has 0 aliphatic heterocycles. The minimum atomic E-state index is -1.09. The standard InChI is InChI=1S/C12H16N2O4/c1-6(2)10(12(17)18)14-11(16)9-4-8(5-13-9)7(3)15/h4-6,10,13H,1-3H3,(H,14,16)(H,17,18)/t10-/m0/s1. The van der Waals surface area contributed by atoms with E-state index in [0.717, 1.165) is 0 Å². The third-order valence-corrected chi connectivity index (χ3v) is 2.55. The number of amides is 1. The van der Waals surface area contributed by atoms with E-state index in [9.17, 15) is 14.4 Å². The van der Waals surface area contributed by atoms with E-state index in [4.69, 9.17) is 5.11 Å². The summed E-state index contributed by atoms with van der Waals surface area (Å²) in [5, 5.41) is 11.4. The van der Waals surface area contributed by atoms with Crippen molar-refractivity contribution in [3.05, 3.63) is 23.5 Å². The number of hydrogen-bond acceptors (Lipinski definition) is 3. The third-order valence-electron chi connectivity index (χ3n) is 2.55. The van der Waals surface area contributed by atoms with Crippen molar-refractivity contribution in [1.82, 2.24) is 10.3 Å². The normalized spacial score (nSPS) is 12.2. The summed E-state index contributed by atoms with van der Waals surface area (Å²) in [7, 11) is 0. The van der Waals surface area contributed by atoms with Gasteiger partial charge in [0.1, 0.15) is 11.7 Å². The number of nitrogens with one attached hydrogen (secondary N) is 2. The van der Waals surface area contributed by atoms with Gasteiger partial charge in [-0.15, -0.1) is 0 Å². The Balaban J connectivity index is 2.80. The van der Waals surface area contributed by atoms with Crippen molar-refractivity contribution < 1.29 is 19.5 Å². The van der Waals surface area contributed by atoms with Gasteiger partial charge in [0.2, 0.25) is 0 Å². The number of aromatic nitrogens is 1. The SMILES string of the molecule is CC(=O)c1c[nH]c(C(=O)N[C@H](C(=O)O)C(C)C)c1. The molecule has 1 aromatic heterocycles. The first-order valence-electron chi connectivity index (χ1n) is 5.56. The molecule has 0 aromatic carbocycles. The van der Waals surface area contributed by atoms with Crippen molar-refractivity contribution in [3.63, 3.8) is 0 Å². The summed E-state index contributed by atoms with van der Waals surface area (Å²) in [6.45, 7) is 4.79. The van der Waals surface area contributed by atoms with Gasteiger partial charge < -0.3 is 15.4 Å². The lowest BCUT2D eigenvalue weighted by Gasteiger charge is -2.17. The second-order valence-electron chi connectivity index (χ2n) is 4.39. The Bertz CT molecular complexity index is 476. The van der Waals surface area contributed by atoms with Gasteiger partial charge in [-0.2, -0.15) is 0 Å². The number of Topliss-reactive ketones (excluding diaryl/α,β-unsaturated/α-hetero) is 1. The lowest BCUT2D eigenvalue weighted by atomic mass is 10.0. The van der Waals surface area contributed by atoms with E-state index in [1.165, 1.54) is 19.2 Å². The molecule has 6 nitrogen and oxygen atoms in total. The van der Waals surface area contributed by atoms with Crippen LogP contribution in [0.25, 0.3) is 0 Å². The van der Waals surface area contributed by atoms with Gasteiger partial charge in [-0.1, -0.05) is 13.8 Å². The fourth-order valence-corrected chi connectivity index (χ4v) is 1.46. The fraction of sp³-hybridized carbons (Fsp3) is 0.417. The monoisotopic (exact) mass is 252 g/mol. The second-order valence-corrected chi connectivity index (χ2v) is 4.39. The summed E-state index contributed by atoms with van der Waals surface area (Å²) >= 11 is 0. The average molecular weight is 252 g/mol. The summed E-state index contributed by atoms with van der Waals surface area (Å²) in [4.78, 5) is 36.4. The van der Waals surface area contributed by atoms with Crippen molar-refractivity contribution in [2.24, 2.45) is 5.92 Å². The number of aromatic amines is 1. The van der Waals surface area contributed by atoms with Crippen LogP contribution in [0.4, 0.5) is 0 Å². The Kier molecular flexibility index (Phi) is 4.25. The first-order valence-corrected chi connectivity index (χ1v) is 5.56. The summed E-state index contributed by atoms with van der Waals surface area (Å²) in [6.07, 6.45) is 1.42. The minimum absolute atomic E-state index is 0.163. The van der Waals surface area contributed by atoms with Crippen molar-refractivity contribution in [2.45, 2.75) is 26.8 Å². The molecular weight excluding hydrogens is 236 g/mol. The quantitative estimate of drug-likeness (QED) is 0.682. The number of rotatable bonds is 5. The van der Waals surface area contributed by atoms with E-state index in [1.54, 1.807) is 13.8 Å². The zero-order valence-electron chi connectivity index (χ0n) is 10.5. The summed E-state index contributed by atoms with van der Waals surface area (Å²) in [5.74, 6) is -2.02. The minimum Gasteiger partial charge on any atom is -0.480 e. The first-order chi connectivity index (χ1) is 8.32. The van der Waals surface area contributed by atoms with Gasteiger partial charge in [-0.25, -0.2) is 4.79 Å². The van der Waals surface area contributed by atoms with Crippen LogP contribution in [0.5, 0.6) is 0 Å². The van der Waals surface area contributed by atoms with Crippen LogP contribution in [-0.4, -0.2) is 33.8 Å². The predicted octanol–water partition coefficient (Wildman–Crippen LogP) is 1.06. The molecule has 0 spiro atoms. The van der Waals surface area contributed by atoms with Crippen LogP contribution in [0.2, 0.25) is 0 Å². The molecule has 1 aromatic rings.